The summed E-state index contributed by atoms with van der Waals surface area (Å²) in [5.74, 6) is -2.29. The van der Waals surface area contributed by atoms with Crippen LogP contribution in [0.2, 0.25) is 0 Å². The molecule has 0 saturated carbocycles. The molecule has 1 aliphatic rings. The van der Waals surface area contributed by atoms with Crippen molar-refractivity contribution >= 4 is 23.6 Å². The zero-order chi connectivity index (χ0) is 28.2. The van der Waals surface area contributed by atoms with Crippen LogP contribution < -0.4 is 15.4 Å². The van der Waals surface area contributed by atoms with E-state index >= 15 is 0 Å². The zero-order valence-corrected chi connectivity index (χ0v) is 20.8. The summed E-state index contributed by atoms with van der Waals surface area (Å²) in [5.41, 5.74) is 0.540. The Labute approximate surface area is 220 Å². The SMILES string of the molecule is COC1=Cc2c(Oc3ccc(NC(=O)C(=O)NCc4cccc(C(F)(F)F)c4)cc3F)ccnc2CC1OC. The van der Waals surface area contributed by atoms with Gasteiger partial charge in [0.25, 0.3) is 0 Å². The monoisotopic (exact) mass is 545 g/mol. The van der Waals surface area contributed by atoms with Crippen molar-refractivity contribution < 1.29 is 41.4 Å². The Hall–Kier alpha value is -4.45. The Kier molecular flexibility index (Phi) is 8.15. The van der Waals surface area contributed by atoms with Crippen LogP contribution in [0.5, 0.6) is 11.5 Å². The highest BCUT2D eigenvalue weighted by Gasteiger charge is 2.30. The first kappa shape index (κ1) is 27.6. The smallest absolute Gasteiger partial charge is 0.416 e. The number of anilines is 1. The highest BCUT2D eigenvalue weighted by Crippen LogP contribution is 2.35. The first-order chi connectivity index (χ1) is 18.6. The molecule has 204 valence electrons. The van der Waals surface area contributed by atoms with Gasteiger partial charge in [0.05, 0.1) is 18.4 Å². The second-order valence-electron chi connectivity index (χ2n) is 8.43. The fourth-order valence-corrected chi connectivity index (χ4v) is 3.89. The summed E-state index contributed by atoms with van der Waals surface area (Å²) in [6.45, 7) is -0.308. The number of rotatable bonds is 7. The molecule has 1 unspecified atom stereocenters. The van der Waals surface area contributed by atoms with Crippen molar-refractivity contribution in [2.75, 3.05) is 19.5 Å². The minimum absolute atomic E-state index is 0.0275. The average Bonchev–Trinajstić information content (AvgIpc) is 2.92. The molecule has 3 aromatic rings. The van der Waals surface area contributed by atoms with Gasteiger partial charge in [0.1, 0.15) is 17.6 Å². The van der Waals surface area contributed by atoms with Crippen LogP contribution in [0.4, 0.5) is 23.2 Å². The molecule has 0 saturated heterocycles. The van der Waals surface area contributed by atoms with E-state index in [1.807, 2.05) is 0 Å². The number of aromatic nitrogens is 1. The summed E-state index contributed by atoms with van der Waals surface area (Å²) in [7, 11) is 3.07. The molecule has 1 atom stereocenters. The summed E-state index contributed by atoms with van der Waals surface area (Å²) < 4.78 is 69.9. The molecule has 0 fully saturated rings. The lowest BCUT2D eigenvalue weighted by molar-refractivity contribution is -0.137. The van der Waals surface area contributed by atoms with Gasteiger partial charge < -0.3 is 24.8 Å². The summed E-state index contributed by atoms with van der Waals surface area (Å²) >= 11 is 0. The molecule has 1 aliphatic carbocycles. The van der Waals surface area contributed by atoms with Crippen molar-refractivity contribution in [2.24, 2.45) is 0 Å². The third-order valence-electron chi connectivity index (χ3n) is 5.86. The van der Waals surface area contributed by atoms with Gasteiger partial charge in [-0.1, -0.05) is 12.1 Å². The fourth-order valence-electron chi connectivity index (χ4n) is 3.89. The number of carbonyl (C=O) groups is 2. The quantitative estimate of drug-likeness (QED) is 0.326. The number of halogens is 4. The van der Waals surface area contributed by atoms with E-state index < -0.39 is 29.4 Å². The van der Waals surface area contributed by atoms with E-state index in [1.165, 1.54) is 37.6 Å². The van der Waals surface area contributed by atoms with E-state index in [9.17, 15) is 27.2 Å². The van der Waals surface area contributed by atoms with Gasteiger partial charge in [-0.05, 0) is 42.0 Å². The molecular weight excluding hydrogens is 522 g/mol. The van der Waals surface area contributed by atoms with Crippen LogP contribution in [-0.4, -0.2) is 37.1 Å². The van der Waals surface area contributed by atoms with Gasteiger partial charge in [0, 0.05) is 43.6 Å². The van der Waals surface area contributed by atoms with Crippen LogP contribution in [-0.2, 0) is 38.2 Å². The number of amides is 2. The molecule has 39 heavy (non-hydrogen) atoms. The van der Waals surface area contributed by atoms with E-state index in [1.54, 1.807) is 19.3 Å². The predicted octanol–water partition coefficient (Wildman–Crippen LogP) is 4.85. The van der Waals surface area contributed by atoms with Crippen molar-refractivity contribution in [1.29, 1.82) is 0 Å². The summed E-state index contributed by atoms with van der Waals surface area (Å²) in [6.07, 6.45) is -1.18. The Balaban J connectivity index is 1.40. The maximum Gasteiger partial charge on any atom is 0.416 e. The second-order valence-corrected chi connectivity index (χ2v) is 8.43. The number of methoxy groups -OCH3 is 2. The van der Waals surface area contributed by atoms with E-state index in [0.29, 0.717) is 29.2 Å². The Morgan fingerprint density at radius 2 is 1.85 bits per heavy atom. The van der Waals surface area contributed by atoms with Gasteiger partial charge >= 0.3 is 18.0 Å². The van der Waals surface area contributed by atoms with Crippen molar-refractivity contribution in [2.45, 2.75) is 25.2 Å². The first-order valence-corrected chi connectivity index (χ1v) is 11.6. The minimum Gasteiger partial charge on any atom is -0.498 e. The van der Waals surface area contributed by atoms with Gasteiger partial charge in [0.15, 0.2) is 11.6 Å². The number of hydrogen-bond donors (Lipinski definition) is 2. The average molecular weight is 545 g/mol. The molecule has 2 N–H and O–H groups in total. The third kappa shape index (κ3) is 6.52. The van der Waals surface area contributed by atoms with Crippen molar-refractivity contribution in [3.8, 4) is 11.5 Å². The minimum atomic E-state index is -4.54. The molecule has 2 amide bonds. The molecule has 4 rings (SSSR count). The van der Waals surface area contributed by atoms with Gasteiger partial charge in [-0.2, -0.15) is 13.2 Å². The van der Waals surface area contributed by atoms with Crippen molar-refractivity contribution in [3.05, 3.63) is 88.7 Å². The number of benzene rings is 2. The van der Waals surface area contributed by atoms with Crippen LogP contribution in [0.15, 0.2) is 60.5 Å². The lowest BCUT2D eigenvalue weighted by Crippen LogP contribution is -2.35. The number of nitrogens with zero attached hydrogens (tertiary/aromatic N) is 1. The number of carbonyl (C=O) groups excluding carboxylic acids is 2. The molecule has 1 aromatic heterocycles. The molecule has 1 heterocycles. The van der Waals surface area contributed by atoms with Gasteiger partial charge in [-0.25, -0.2) is 4.39 Å². The topological polar surface area (TPSA) is 98.8 Å². The predicted molar refractivity (Wildman–Crippen MR) is 132 cm³/mol. The molecule has 0 bridgehead atoms. The number of fused-ring (bicyclic) bond motifs is 1. The highest BCUT2D eigenvalue weighted by atomic mass is 19.4. The number of ether oxygens (including phenoxy) is 3. The molecule has 0 spiro atoms. The number of alkyl halides is 3. The maximum atomic E-state index is 14.8. The maximum absolute atomic E-state index is 14.8. The standard InChI is InChI=1S/C27H23F4N3O5/c1-37-23-12-18-20(13-24(23)38-2)32-9-8-21(18)39-22-7-6-17(11-19(22)28)34-26(36)25(35)33-14-15-4-3-5-16(10-15)27(29,30)31/h3-12,24H,13-14H2,1-2H3,(H,33,35)(H,34,36). The van der Waals surface area contributed by atoms with E-state index in [4.69, 9.17) is 14.2 Å². The lowest BCUT2D eigenvalue weighted by Gasteiger charge is -2.24. The van der Waals surface area contributed by atoms with Crippen molar-refractivity contribution in [1.82, 2.24) is 10.3 Å². The van der Waals surface area contributed by atoms with Crippen LogP contribution in [0.3, 0.4) is 0 Å². The van der Waals surface area contributed by atoms with E-state index in [2.05, 4.69) is 15.6 Å². The Morgan fingerprint density at radius 1 is 1.05 bits per heavy atom. The van der Waals surface area contributed by atoms with E-state index in [0.717, 1.165) is 18.2 Å². The summed E-state index contributed by atoms with van der Waals surface area (Å²) in [5, 5.41) is 4.48. The van der Waals surface area contributed by atoms with Crippen LogP contribution in [0, 0.1) is 5.82 Å². The largest absolute Gasteiger partial charge is 0.498 e. The normalized spacial score (nSPS) is 14.6. The van der Waals surface area contributed by atoms with Crippen LogP contribution >= 0.6 is 0 Å². The summed E-state index contributed by atoms with van der Waals surface area (Å²) in [4.78, 5) is 28.7. The third-order valence-corrected chi connectivity index (χ3v) is 5.86. The molecule has 8 nitrogen and oxygen atoms in total. The van der Waals surface area contributed by atoms with Gasteiger partial charge in [-0.15, -0.1) is 0 Å². The Bertz CT molecular complexity index is 1420. The van der Waals surface area contributed by atoms with Crippen LogP contribution in [0.25, 0.3) is 6.08 Å². The zero-order valence-electron chi connectivity index (χ0n) is 20.8. The number of nitrogens with one attached hydrogen (secondary N) is 2. The molecule has 2 aromatic carbocycles. The van der Waals surface area contributed by atoms with Gasteiger partial charge in [-0.3, -0.25) is 14.6 Å². The van der Waals surface area contributed by atoms with Crippen LogP contribution in [0.1, 0.15) is 22.4 Å². The number of pyridine rings is 1. The lowest BCUT2D eigenvalue weighted by atomic mass is 9.98. The molecule has 0 radical (unpaired) electrons. The first-order valence-electron chi connectivity index (χ1n) is 11.6. The van der Waals surface area contributed by atoms with Crippen molar-refractivity contribution in [3.63, 3.8) is 0 Å². The fraction of sp³-hybridized carbons (Fsp3) is 0.222. The molecular formula is C27H23F4N3O5. The Morgan fingerprint density at radius 3 is 2.54 bits per heavy atom. The molecule has 12 heteroatoms. The highest BCUT2D eigenvalue weighted by molar-refractivity contribution is 6.39. The number of hydrogen-bond acceptors (Lipinski definition) is 6. The summed E-state index contributed by atoms with van der Waals surface area (Å²) in [6, 6.07) is 9.49. The second kappa shape index (κ2) is 11.5. The van der Waals surface area contributed by atoms with E-state index in [-0.39, 0.29) is 29.6 Å². The molecule has 0 aliphatic heterocycles. The van der Waals surface area contributed by atoms with Gasteiger partial charge in [0.2, 0.25) is 0 Å².